The molecule has 1 aliphatic rings. The highest BCUT2D eigenvalue weighted by molar-refractivity contribution is 9.09. The van der Waals surface area contributed by atoms with Crippen LogP contribution in [-0.2, 0) is 4.74 Å². The zero-order valence-corrected chi connectivity index (χ0v) is 7.38. The third kappa shape index (κ3) is 2.67. The van der Waals surface area contributed by atoms with Crippen LogP contribution in [0, 0.1) is 0 Å². The summed E-state index contributed by atoms with van der Waals surface area (Å²) in [5, 5.41) is 0.913. The molecule has 0 aliphatic carbocycles. The van der Waals surface area contributed by atoms with Crippen molar-refractivity contribution < 1.29 is 4.74 Å². The van der Waals surface area contributed by atoms with E-state index in [2.05, 4.69) is 40.2 Å². The van der Waals surface area contributed by atoms with E-state index in [0.717, 1.165) is 18.4 Å². The smallest absolute Gasteiger partial charge is 0.0794 e. The molecule has 56 valence electrons. The minimum atomic E-state index is 0.308. The van der Waals surface area contributed by atoms with Crippen LogP contribution in [0.1, 0.15) is 6.42 Å². The molecule has 0 aromatic heterocycles. The van der Waals surface area contributed by atoms with Crippen molar-refractivity contribution in [3.8, 4) is 0 Å². The van der Waals surface area contributed by atoms with E-state index in [1.54, 1.807) is 0 Å². The molecule has 0 aromatic carbocycles. The first-order chi connectivity index (χ1) is 4.93. The van der Waals surface area contributed by atoms with Gasteiger partial charge in [-0.15, -0.1) is 0 Å². The van der Waals surface area contributed by atoms with Crippen LogP contribution in [0.4, 0.5) is 0 Å². The third-order valence-corrected chi connectivity index (χ3v) is 1.76. The lowest BCUT2D eigenvalue weighted by atomic mass is 10.2. The molecule has 0 bridgehead atoms. The molecular formula is C8H11BrO. The fourth-order valence-electron chi connectivity index (χ4n) is 0.883. The van der Waals surface area contributed by atoms with E-state index in [1.165, 1.54) is 0 Å². The van der Waals surface area contributed by atoms with Crippen molar-refractivity contribution in [3.05, 3.63) is 24.3 Å². The van der Waals surface area contributed by atoms with Gasteiger partial charge in [0, 0.05) is 5.33 Å². The minimum absolute atomic E-state index is 0.308. The van der Waals surface area contributed by atoms with Gasteiger partial charge in [-0.2, -0.15) is 0 Å². The maximum absolute atomic E-state index is 5.39. The van der Waals surface area contributed by atoms with Gasteiger partial charge in [0.15, 0.2) is 0 Å². The van der Waals surface area contributed by atoms with E-state index >= 15 is 0 Å². The Morgan fingerprint density at radius 3 is 3.10 bits per heavy atom. The normalized spacial score (nSPS) is 25.9. The summed E-state index contributed by atoms with van der Waals surface area (Å²) in [5.74, 6) is 0. The van der Waals surface area contributed by atoms with Gasteiger partial charge in [0.1, 0.15) is 0 Å². The van der Waals surface area contributed by atoms with Crippen LogP contribution in [-0.4, -0.2) is 18.0 Å². The van der Waals surface area contributed by atoms with E-state index in [4.69, 9.17) is 4.74 Å². The Labute approximate surface area is 69.9 Å². The number of alkyl halides is 1. The third-order valence-electron chi connectivity index (χ3n) is 1.38. The molecule has 1 unspecified atom stereocenters. The Kier molecular flexibility index (Phi) is 3.76. The van der Waals surface area contributed by atoms with Crippen LogP contribution in [0.3, 0.4) is 0 Å². The summed E-state index contributed by atoms with van der Waals surface area (Å²) in [6.45, 7) is 0.761. The average Bonchev–Trinajstić information content (AvgIpc) is 2.03. The molecule has 0 fully saturated rings. The predicted molar refractivity (Wildman–Crippen MR) is 46.4 cm³/mol. The molecule has 10 heavy (non-hydrogen) atoms. The highest BCUT2D eigenvalue weighted by Gasteiger charge is 2.03. The topological polar surface area (TPSA) is 9.23 Å². The summed E-state index contributed by atoms with van der Waals surface area (Å²) in [6.07, 6.45) is 9.71. The van der Waals surface area contributed by atoms with Gasteiger partial charge in [-0.3, -0.25) is 0 Å². The lowest BCUT2D eigenvalue weighted by Gasteiger charge is -2.14. The number of rotatable bonds is 2. The zero-order valence-electron chi connectivity index (χ0n) is 5.79. The van der Waals surface area contributed by atoms with Gasteiger partial charge < -0.3 is 4.74 Å². The fraction of sp³-hybridized carbons (Fsp3) is 0.500. The van der Waals surface area contributed by atoms with Crippen molar-refractivity contribution in [2.75, 3.05) is 11.9 Å². The Morgan fingerprint density at radius 2 is 2.50 bits per heavy atom. The fourth-order valence-corrected chi connectivity index (χ4v) is 1.10. The number of allylic oxidation sites excluding steroid dienone is 1. The summed E-state index contributed by atoms with van der Waals surface area (Å²) in [4.78, 5) is 0. The van der Waals surface area contributed by atoms with E-state index in [0.29, 0.717) is 6.10 Å². The van der Waals surface area contributed by atoms with Crippen LogP contribution in [0.15, 0.2) is 24.3 Å². The molecule has 0 spiro atoms. The van der Waals surface area contributed by atoms with Crippen LogP contribution in [0.25, 0.3) is 0 Å². The molecule has 1 atom stereocenters. The van der Waals surface area contributed by atoms with Crippen molar-refractivity contribution >= 4 is 15.9 Å². The zero-order chi connectivity index (χ0) is 7.23. The summed E-state index contributed by atoms with van der Waals surface area (Å²) >= 11 is 3.32. The number of halogens is 1. The van der Waals surface area contributed by atoms with Gasteiger partial charge >= 0.3 is 0 Å². The second kappa shape index (κ2) is 4.69. The highest BCUT2D eigenvalue weighted by atomic mass is 79.9. The predicted octanol–water partition coefficient (Wildman–Crippen LogP) is 2.28. The second-order valence-electron chi connectivity index (χ2n) is 2.16. The van der Waals surface area contributed by atoms with E-state index in [1.807, 2.05) is 0 Å². The van der Waals surface area contributed by atoms with Gasteiger partial charge in [0.25, 0.3) is 0 Å². The highest BCUT2D eigenvalue weighted by Crippen LogP contribution is 2.07. The van der Waals surface area contributed by atoms with Crippen molar-refractivity contribution in [1.82, 2.24) is 0 Å². The van der Waals surface area contributed by atoms with Gasteiger partial charge in [0.2, 0.25) is 0 Å². The lowest BCUT2D eigenvalue weighted by Crippen LogP contribution is -2.12. The maximum atomic E-state index is 5.39. The summed E-state index contributed by atoms with van der Waals surface area (Å²) in [5.41, 5.74) is 0. The SMILES string of the molecule is BrC/C=C/C1CC=CCO1. The molecule has 1 nitrogen and oxygen atoms in total. The van der Waals surface area contributed by atoms with Crippen molar-refractivity contribution in [2.45, 2.75) is 12.5 Å². The Morgan fingerprint density at radius 1 is 1.60 bits per heavy atom. The van der Waals surface area contributed by atoms with E-state index in [-0.39, 0.29) is 0 Å². The van der Waals surface area contributed by atoms with Gasteiger partial charge in [0.05, 0.1) is 12.7 Å². The monoisotopic (exact) mass is 202 g/mol. The molecule has 0 amide bonds. The first-order valence-corrected chi connectivity index (χ1v) is 4.55. The van der Waals surface area contributed by atoms with Crippen LogP contribution >= 0.6 is 15.9 Å². The molecule has 0 N–H and O–H groups in total. The largest absolute Gasteiger partial charge is 0.370 e. The minimum Gasteiger partial charge on any atom is -0.370 e. The average molecular weight is 203 g/mol. The molecule has 0 saturated carbocycles. The second-order valence-corrected chi connectivity index (χ2v) is 2.81. The van der Waals surface area contributed by atoms with E-state index < -0.39 is 0 Å². The molecule has 0 aromatic rings. The van der Waals surface area contributed by atoms with E-state index in [9.17, 15) is 0 Å². The Balaban J connectivity index is 2.28. The molecule has 1 aliphatic heterocycles. The van der Waals surface area contributed by atoms with Crippen molar-refractivity contribution in [3.63, 3.8) is 0 Å². The maximum Gasteiger partial charge on any atom is 0.0794 e. The molecular weight excluding hydrogens is 192 g/mol. The van der Waals surface area contributed by atoms with Crippen molar-refractivity contribution in [2.24, 2.45) is 0 Å². The van der Waals surface area contributed by atoms with Gasteiger partial charge in [-0.1, -0.05) is 40.2 Å². The molecule has 0 radical (unpaired) electrons. The van der Waals surface area contributed by atoms with Crippen LogP contribution in [0.2, 0.25) is 0 Å². The first-order valence-electron chi connectivity index (χ1n) is 3.42. The summed E-state index contributed by atoms with van der Waals surface area (Å²) in [6, 6.07) is 0. The van der Waals surface area contributed by atoms with Crippen LogP contribution < -0.4 is 0 Å². The van der Waals surface area contributed by atoms with Crippen LogP contribution in [0.5, 0.6) is 0 Å². The Hall–Kier alpha value is -0.0800. The molecule has 2 heteroatoms. The molecule has 0 saturated heterocycles. The number of ether oxygens (including phenoxy) is 1. The lowest BCUT2D eigenvalue weighted by molar-refractivity contribution is 0.102. The van der Waals surface area contributed by atoms with Gasteiger partial charge in [-0.05, 0) is 6.42 Å². The first kappa shape index (κ1) is 8.02. The number of hydrogen-bond acceptors (Lipinski definition) is 1. The number of hydrogen-bond donors (Lipinski definition) is 0. The molecule has 1 rings (SSSR count). The summed E-state index contributed by atoms with van der Waals surface area (Å²) in [7, 11) is 0. The van der Waals surface area contributed by atoms with Gasteiger partial charge in [-0.25, -0.2) is 0 Å². The van der Waals surface area contributed by atoms with Crippen molar-refractivity contribution in [1.29, 1.82) is 0 Å². The quantitative estimate of drug-likeness (QED) is 0.494. The Bertz CT molecular complexity index is 140. The standard InChI is InChI=1S/C8H11BrO/c9-6-3-5-8-4-1-2-7-10-8/h1-3,5,8H,4,6-7H2/b5-3+. The summed E-state index contributed by atoms with van der Waals surface area (Å²) < 4.78 is 5.39. The molecule has 1 heterocycles.